The summed E-state index contributed by atoms with van der Waals surface area (Å²) in [6.45, 7) is 6.17. The summed E-state index contributed by atoms with van der Waals surface area (Å²) in [5.41, 5.74) is 2.27. The summed E-state index contributed by atoms with van der Waals surface area (Å²) in [6, 6.07) is 31.9. The van der Waals surface area contributed by atoms with Crippen molar-refractivity contribution in [2.75, 3.05) is 0 Å². The van der Waals surface area contributed by atoms with E-state index in [-0.39, 0.29) is 16.7 Å². The summed E-state index contributed by atoms with van der Waals surface area (Å²) in [5.74, 6) is -0.211. The molecule has 0 aliphatic rings. The lowest BCUT2D eigenvalue weighted by Gasteiger charge is -2.10. The fourth-order valence-corrected chi connectivity index (χ4v) is 6.54. The van der Waals surface area contributed by atoms with Gasteiger partial charge in [0.1, 0.15) is 17.5 Å². The first kappa shape index (κ1) is 25.8. The maximum absolute atomic E-state index is 13.4. The number of hydrogen-bond acceptors (Lipinski definition) is 2. The average molecular weight is 508 g/mol. The SMILES string of the molecule is C/C=C(\C)[S+](c1ccc(F)cc1)c1ccc(Sc2ccc(-c3ccccc3)cc2Cl)cc1.C=O. The van der Waals surface area contributed by atoms with E-state index in [4.69, 9.17) is 16.4 Å². The Balaban J connectivity index is 0.00000158. The Morgan fingerprint density at radius 1 is 0.853 bits per heavy atom. The van der Waals surface area contributed by atoms with Crippen molar-refractivity contribution in [1.82, 2.24) is 0 Å². The Hall–Kier alpha value is -2.79. The first-order valence-electron chi connectivity index (χ1n) is 10.6. The third kappa shape index (κ3) is 6.41. The van der Waals surface area contributed by atoms with Crippen LogP contribution in [-0.4, -0.2) is 6.79 Å². The van der Waals surface area contributed by atoms with Gasteiger partial charge in [-0.1, -0.05) is 59.8 Å². The summed E-state index contributed by atoms with van der Waals surface area (Å²) in [4.78, 5) is 13.7. The van der Waals surface area contributed by atoms with Gasteiger partial charge in [-0.05, 0) is 84.8 Å². The van der Waals surface area contributed by atoms with Gasteiger partial charge in [0.2, 0.25) is 0 Å². The van der Waals surface area contributed by atoms with Crippen LogP contribution in [0.15, 0.2) is 128 Å². The Labute approximate surface area is 213 Å². The van der Waals surface area contributed by atoms with Crippen LogP contribution in [0.4, 0.5) is 4.39 Å². The van der Waals surface area contributed by atoms with Gasteiger partial charge in [-0.3, -0.25) is 0 Å². The molecule has 0 heterocycles. The zero-order valence-electron chi connectivity index (χ0n) is 19.0. The number of hydrogen-bond donors (Lipinski definition) is 0. The molecular weight excluding hydrogens is 483 g/mol. The fraction of sp³-hybridized carbons (Fsp3) is 0.0690. The number of rotatable bonds is 6. The highest BCUT2D eigenvalue weighted by molar-refractivity contribution is 8.00. The van der Waals surface area contributed by atoms with Gasteiger partial charge < -0.3 is 4.79 Å². The molecule has 5 heteroatoms. The van der Waals surface area contributed by atoms with Crippen molar-refractivity contribution in [3.8, 4) is 11.1 Å². The van der Waals surface area contributed by atoms with E-state index in [1.54, 1.807) is 11.8 Å². The maximum atomic E-state index is 13.4. The van der Waals surface area contributed by atoms with Crippen molar-refractivity contribution in [2.24, 2.45) is 0 Å². The van der Waals surface area contributed by atoms with Crippen LogP contribution in [0, 0.1) is 5.82 Å². The average Bonchev–Trinajstić information content (AvgIpc) is 2.89. The molecule has 0 aliphatic carbocycles. The molecule has 0 saturated heterocycles. The van der Waals surface area contributed by atoms with Crippen LogP contribution in [0.3, 0.4) is 0 Å². The smallest absolute Gasteiger partial charge is 0.166 e. The van der Waals surface area contributed by atoms with E-state index >= 15 is 0 Å². The van der Waals surface area contributed by atoms with Crippen molar-refractivity contribution >= 4 is 41.0 Å². The second-order valence-corrected chi connectivity index (χ2v) is 11.0. The van der Waals surface area contributed by atoms with Gasteiger partial charge in [0.15, 0.2) is 9.79 Å². The van der Waals surface area contributed by atoms with E-state index in [2.05, 4.69) is 61.5 Å². The normalized spacial score (nSPS) is 11.9. The van der Waals surface area contributed by atoms with Gasteiger partial charge in [0, 0.05) is 16.7 Å². The third-order valence-electron chi connectivity index (χ3n) is 5.10. The lowest BCUT2D eigenvalue weighted by Crippen LogP contribution is -2.05. The van der Waals surface area contributed by atoms with Gasteiger partial charge in [-0.15, -0.1) is 0 Å². The molecule has 4 aromatic rings. The molecule has 1 unspecified atom stereocenters. The first-order chi connectivity index (χ1) is 16.5. The fourth-order valence-electron chi connectivity index (χ4n) is 3.36. The van der Waals surface area contributed by atoms with E-state index in [0.717, 1.165) is 30.8 Å². The molecule has 4 rings (SSSR count). The molecule has 172 valence electrons. The predicted octanol–water partition coefficient (Wildman–Crippen LogP) is 9.07. The summed E-state index contributed by atoms with van der Waals surface area (Å²) in [7, 11) is -0.229. The quantitative estimate of drug-likeness (QED) is 0.242. The molecule has 34 heavy (non-hydrogen) atoms. The van der Waals surface area contributed by atoms with E-state index < -0.39 is 0 Å². The number of carbonyl (C=O) groups is 1. The molecule has 0 N–H and O–H groups in total. The van der Waals surface area contributed by atoms with Crippen LogP contribution >= 0.6 is 23.4 Å². The highest BCUT2D eigenvalue weighted by Crippen LogP contribution is 2.37. The van der Waals surface area contributed by atoms with Crippen LogP contribution in [0.2, 0.25) is 5.02 Å². The largest absolute Gasteiger partial charge is 0.307 e. The minimum atomic E-state index is -0.229. The van der Waals surface area contributed by atoms with Crippen LogP contribution in [0.25, 0.3) is 11.1 Å². The van der Waals surface area contributed by atoms with Crippen molar-refractivity contribution in [2.45, 2.75) is 33.4 Å². The van der Waals surface area contributed by atoms with Crippen LogP contribution in [0.1, 0.15) is 13.8 Å². The Morgan fingerprint density at radius 2 is 1.44 bits per heavy atom. The van der Waals surface area contributed by atoms with E-state index in [1.165, 1.54) is 21.9 Å². The highest BCUT2D eigenvalue weighted by Gasteiger charge is 2.27. The highest BCUT2D eigenvalue weighted by atomic mass is 35.5. The number of benzene rings is 4. The maximum Gasteiger partial charge on any atom is 0.166 e. The standard InChI is InChI=1S/C28H23ClFS2.CH2O/c1-3-20(2)32(25-14-10-23(30)11-15-25)26-16-12-24(13-17-26)31-28-18-9-22(19-27(28)29)21-7-5-4-6-8-21;1-2/h3-19H,1-2H3;1H2/q+1;/b20-3+;. The monoisotopic (exact) mass is 507 g/mol. The molecule has 0 aliphatic heterocycles. The molecule has 0 aromatic heterocycles. The molecule has 4 aromatic carbocycles. The molecule has 1 atom stereocenters. The first-order valence-corrected chi connectivity index (χ1v) is 13.0. The molecule has 0 saturated carbocycles. The zero-order chi connectivity index (χ0) is 24.5. The van der Waals surface area contributed by atoms with Gasteiger partial charge in [-0.25, -0.2) is 4.39 Å². The number of carbonyl (C=O) groups excluding carboxylic acids is 1. The van der Waals surface area contributed by atoms with Gasteiger partial charge in [0.25, 0.3) is 0 Å². The van der Waals surface area contributed by atoms with E-state index in [9.17, 15) is 4.39 Å². The molecule has 0 radical (unpaired) electrons. The molecule has 1 nitrogen and oxygen atoms in total. The number of allylic oxidation sites excluding steroid dienone is 2. The minimum absolute atomic E-state index is 0.211. The molecule has 0 amide bonds. The third-order valence-corrected chi connectivity index (χ3v) is 8.98. The lowest BCUT2D eigenvalue weighted by molar-refractivity contribution is -0.0979. The Kier molecular flexibility index (Phi) is 9.58. The summed E-state index contributed by atoms with van der Waals surface area (Å²) < 4.78 is 13.4. The van der Waals surface area contributed by atoms with E-state index in [1.807, 2.05) is 50.1 Å². The minimum Gasteiger partial charge on any atom is -0.307 e. The van der Waals surface area contributed by atoms with Crippen LogP contribution < -0.4 is 0 Å². The molecule has 0 fully saturated rings. The Bertz CT molecular complexity index is 1240. The summed E-state index contributed by atoms with van der Waals surface area (Å²) in [6.07, 6.45) is 2.13. The van der Waals surface area contributed by atoms with Crippen molar-refractivity contribution in [3.63, 3.8) is 0 Å². The summed E-state index contributed by atoms with van der Waals surface area (Å²) in [5, 5.41) is 0.747. The van der Waals surface area contributed by atoms with Gasteiger partial charge >= 0.3 is 0 Å². The van der Waals surface area contributed by atoms with E-state index in [0.29, 0.717) is 0 Å². The summed E-state index contributed by atoms with van der Waals surface area (Å²) >= 11 is 8.26. The predicted molar refractivity (Wildman–Crippen MR) is 144 cm³/mol. The lowest BCUT2D eigenvalue weighted by atomic mass is 10.1. The van der Waals surface area contributed by atoms with Crippen molar-refractivity contribution in [1.29, 1.82) is 0 Å². The Morgan fingerprint density at radius 3 is 2.00 bits per heavy atom. The van der Waals surface area contributed by atoms with Gasteiger partial charge in [-0.2, -0.15) is 0 Å². The van der Waals surface area contributed by atoms with Crippen molar-refractivity contribution < 1.29 is 9.18 Å². The number of halogens is 2. The molecule has 0 spiro atoms. The molecule has 0 bridgehead atoms. The second-order valence-electron chi connectivity index (χ2n) is 7.24. The van der Waals surface area contributed by atoms with Gasteiger partial charge in [0.05, 0.1) is 15.9 Å². The van der Waals surface area contributed by atoms with Crippen molar-refractivity contribution in [3.05, 3.63) is 119 Å². The van der Waals surface area contributed by atoms with Crippen LogP contribution in [0.5, 0.6) is 0 Å². The van der Waals surface area contributed by atoms with Crippen LogP contribution in [-0.2, 0) is 15.7 Å². The second kappa shape index (κ2) is 12.6. The zero-order valence-corrected chi connectivity index (χ0v) is 21.4. The topological polar surface area (TPSA) is 17.1 Å². The molecular formula is C29H25ClFOS2+.